The number of nitrogens with zero attached hydrogens (tertiary/aromatic N) is 1. The third-order valence-corrected chi connectivity index (χ3v) is 3.03. The van der Waals surface area contributed by atoms with E-state index in [1.54, 1.807) is 0 Å². The maximum Gasteiger partial charge on any atom is 0.315 e. The van der Waals surface area contributed by atoms with Crippen LogP contribution in [0.2, 0.25) is 5.02 Å². The van der Waals surface area contributed by atoms with Crippen molar-refractivity contribution in [2.45, 2.75) is 19.3 Å². The molecule has 104 valence electrons. The van der Waals surface area contributed by atoms with Crippen LogP contribution in [0, 0.1) is 10.1 Å². The molecular formula is C12H14ClNO5. The molecule has 0 unspecified atom stereocenters. The zero-order valence-corrected chi connectivity index (χ0v) is 11.8. The lowest BCUT2D eigenvalue weighted by Crippen LogP contribution is -2.31. The number of esters is 1. The Hall–Kier alpha value is -1.82. The van der Waals surface area contributed by atoms with Crippen molar-refractivity contribution in [2.24, 2.45) is 0 Å². The lowest BCUT2D eigenvalue weighted by Gasteiger charge is -2.22. The molecule has 0 aliphatic heterocycles. The highest BCUT2D eigenvalue weighted by Crippen LogP contribution is 2.41. The maximum atomic E-state index is 11.8. The van der Waals surface area contributed by atoms with Gasteiger partial charge in [0.1, 0.15) is 0 Å². The van der Waals surface area contributed by atoms with Crippen molar-refractivity contribution < 1.29 is 19.2 Å². The summed E-state index contributed by atoms with van der Waals surface area (Å²) in [5.74, 6) is -0.593. The van der Waals surface area contributed by atoms with Crippen LogP contribution in [0.4, 0.5) is 5.69 Å². The van der Waals surface area contributed by atoms with E-state index in [-0.39, 0.29) is 22.0 Å². The summed E-state index contributed by atoms with van der Waals surface area (Å²) >= 11 is 5.90. The van der Waals surface area contributed by atoms with Gasteiger partial charge in [-0.1, -0.05) is 11.6 Å². The predicted octanol–water partition coefficient (Wildman–Crippen LogP) is 2.71. The lowest BCUT2D eigenvalue weighted by molar-refractivity contribution is -0.386. The van der Waals surface area contributed by atoms with Gasteiger partial charge in [0.25, 0.3) is 0 Å². The minimum atomic E-state index is -1.21. The molecule has 0 atom stereocenters. The number of nitro groups is 1. The first-order valence-corrected chi connectivity index (χ1v) is 5.74. The molecule has 0 saturated carbocycles. The lowest BCUT2D eigenvalue weighted by atomic mass is 9.83. The van der Waals surface area contributed by atoms with E-state index in [4.69, 9.17) is 16.3 Å². The number of carbonyl (C=O) groups excluding carboxylic acids is 1. The van der Waals surface area contributed by atoms with Gasteiger partial charge < -0.3 is 9.47 Å². The smallest absolute Gasteiger partial charge is 0.315 e. The number of rotatable bonds is 4. The van der Waals surface area contributed by atoms with Crippen molar-refractivity contribution in [2.75, 3.05) is 14.2 Å². The number of hydrogen-bond donors (Lipinski definition) is 0. The molecule has 0 spiro atoms. The van der Waals surface area contributed by atoms with Crippen LogP contribution >= 0.6 is 11.6 Å². The van der Waals surface area contributed by atoms with Gasteiger partial charge in [0, 0.05) is 11.1 Å². The second kappa shape index (κ2) is 5.44. The van der Waals surface area contributed by atoms with Gasteiger partial charge in [-0.15, -0.1) is 0 Å². The Kier molecular flexibility index (Phi) is 4.36. The fourth-order valence-electron chi connectivity index (χ4n) is 1.76. The van der Waals surface area contributed by atoms with E-state index in [0.717, 1.165) is 0 Å². The van der Waals surface area contributed by atoms with Crippen LogP contribution in [0.3, 0.4) is 0 Å². The fraction of sp³-hybridized carbons (Fsp3) is 0.417. The van der Waals surface area contributed by atoms with Crippen LogP contribution in [0.1, 0.15) is 19.4 Å². The van der Waals surface area contributed by atoms with Crippen LogP contribution in [-0.4, -0.2) is 25.1 Å². The standard InChI is InChI=1S/C12H14ClNO5/c1-12(2,11(15)19-4)8-5-7(13)6-9(18-3)10(8)14(16)17/h5-6H,1-4H3. The Morgan fingerprint density at radius 2 is 1.95 bits per heavy atom. The minimum absolute atomic E-state index is 0.00415. The molecule has 0 heterocycles. The van der Waals surface area contributed by atoms with Crippen LogP contribution in [0.5, 0.6) is 5.75 Å². The number of ether oxygens (including phenoxy) is 2. The van der Waals surface area contributed by atoms with Crippen molar-refractivity contribution in [1.82, 2.24) is 0 Å². The van der Waals surface area contributed by atoms with Crippen LogP contribution in [0.15, 0.2) is 12.1 Å². The molecule has 1 rings (SSSR count). The van der Waals surface area contributed by atoms with E-state index in [1.807, 2.05) is 0 Å². The number of methoxy groups -OCH3 is 2. The first kappa shape index (κ1) is 15.2. The molecule has 0 aromatic heterocycles. The van der Waals surface area contributed by atoms with Gasteiger partial charge in [-0.05, 0) is 19.9 Å². The molecule has 0 N–H and O–H groups in total. The van der Waals surface area contributed by atoms with E-state index in [9.17, 15) is 14.9 Å². The molecule has 0 fully saturated rings. The van der Waals surface area contributed by atoms with Gasteiger partial charge in [-0.2, -0.15) is 0 Å². The number of carbonyl (C=O) groups is 1. The molecule has 0 bridgehead atoms. The normalized spacial score (nSPS) is 11.0. The Morgan fingerprint density at radius 1 is 1.37 bits per heavy atom. The predicted molar refractivity (Wildman–Crippen MR) is 69.7 cm³/mol. The van der Waals surface area contributed by atoms with Gasteiger partial charge in [0.05, 0.1) is 30.1 Å². The highest BCUT2D eigenvalue weighted by Gasteiger charge is 2.39. The molecule has 6 nitrogen and oxygen atoms in total. The van der Waals surface area contributed by atoms with Gasteiger partial charge >= 0.3 is 11.7 Å². The summed E-state index contributed by atoms with van der Waals surface area (Å²) in [5, 5.41) is 11.4. The molecule has 1 aromatic carbocycles. The van der Waals surface area contributed by atoms with Gasteiger partial charge in [0.15, 0.2) is 5.75 Å². The van der Waals surface area contributed by atoms with E-state index in [2.05, 4.69) is 4.74 Å². The quantitative estimate of drug-likeness (QED) is 0.483. The molecule has 1 aromatic rings. The van der Waals surface area contributed by atoms with E-state index >= 15 is 0 Å². The Bertz CT molecular complexity index is 527. The zero-order chi connectivity index (χ0) is 14.8. The number of halogens is 1. The van der Waals surface area contributed by atoms with Crippen molar-refractivity contribution in [3.8, 4) is 5.75 Å². The summed E-state index contributed by atoms with van der Waals surface area (Å²) in [5.41, 5.74) is -1.36. The maximum absolute atomic E-state index is 11.8. The molecule has 0 saturated heterocycles. The average molecular weight is 288 g/mol. The van der Waals surface area contributed by atoms with Gasteiger partial charge in [-0.3, -0.25) is 14.9 Å². The van der Waals surface area contributed by atoms with Crippen molar-refractivity contribution in [1.29, 1.82) is 0 Å². The van der Waals surface area contributed by atoms with Crippen molar-refractivity contribution in [3.05, 3.63) is 32.8 Å². The highest BCUT2D eigenvalue weighted by molar-refractivity contribution is 6.31. The third kappa shape index (κ3) is 2.78. The number of benzene rings is 1. The molecule has 0 radical (unpaired) electrons. The minimum Gasteiger partial charge on any atom is -0.490 e. The van der Waals surface area contributed by atoms with Crippen molar-refractivity contribution in [3.63, 3.8) is 0 Å². The van der Waals surface area contributed by atoms with E-state index < -0.39 is 16.3 Å². The van der Waals surface area contributed by atoms with E-state index in [0.29, 0.717) is 0 Å². The summed E-state index contributed by atoms with van der Waals surface area (Å²) in [4.78, 5) is 22.4. The highest BCUT2D eigenvalue weighted by atomic mass is 35.5. The summed E-state index contributed by atoms with van der Waals surface area (Å²) in [6, 6.07) is 2.70. The fourth-order valence-corrected chi connectivity index (χ4v) is 1.97. The third-order valence-electron chi connectivity index (χ3n) is 2.81. The van der Waals surface area contributed by atoms with Gasteiger partial charge in [0.2, 0.25) is 0 Å². The molecule has 0 aliphatic carbocycles. The molecule has 0 amide bonds. The summed E-state index contributed by atoms with van der Waals surface area (Å²) < 4.78 is 9.63. The zero-order valence-electron chi connectivity index (χ0n) is 11.0. The molecule has 0 aliphatic rings. The van der Waals surface area contributed by atoms with Crippen LogP contribution in [0.25, 0.3) is 0 Å². The Balaban J connectivity index is 3.62. The number of hydrogen-bond acceptors (Lipinski definition) is 5. The molecule has 7 heteroatoms. The van der Waals surface area contributed by atoms with Gasteiger partial charge in [-0.25, -0.2) is 0 Å². The first-order valence-electron chi connectivity index (χ1n) is 5.36. The summed E-state index contributed by atoms with van der Waals surface area (Å²) in [6.45, 7) is 3.05. The second-order valence-corrected chi connectivity index (χ2v) is 4.81. The Morgan fingerprint density at radius 3 is 2.37 bits per heavy atom. The topological polar surface area (TPSA) is 78.7 Å². The molecular weight excluding hydrogens is 274 g/mol. The van der Waals surface area contributed by atoms with Crippen LogP contribution < -0.4 is 4.74 Å². The molecule has 19 heavy (non-hydrogen) atoms. The Labute approximate surface area is 115 Å². The summed E-state index contributed by atoms with van der Waals surface area (Å²) in [7, 11) is 2.52. The second-order valence-electron chi connectivity index (χ2n) is 4.38. The van der Waals surface area contributed by atoms with Crippen molar-refractivity contribution >= 4 is 23.3 Å². The van der Waals surface area contributed by atoms with E-state index in [1.165, 1.54) is 40.2 Å². The SMILES string of the molecule is COC(=O)C(C)(C)c1cc(Cl)cc(OC)c1[N+](=O)[O-]. The first-order chi connectivity index (χ1) is 8.75. The summed E-state index contributed by atoms with van der Waals surface area (Å²) in [6.07, 6.45) is 0. The largest absolute Gasteiger partial charge is 0.490 e. The van der Waals surface area contributed by atoms with Crippen LogP contribution in [-0.2, 0) is 14.9 Å². The monoisotopic (exact) mass is 287 g/mol. The number of nitro benzene ring substituents is 1. The average Bonchev–Trinajstić information content (AvgIpc) is 2.35.